The van der Waals surface area contributed by atoms with Crippen molar-refractivity contribution in [2.75, 3.05) is 4.90 Å². The highest BCUT2D eigenvalue weighted by molar-refractivity contribution is 8.00. The van der Waals surface area contributed by atoms with Crippen LogP contribution < -0.4 is 4.90 Å². The van der Waals surface area contributed by atoms with Crippen molar-refractivity contribution >= 4 is 40.3 Å². The second-order valence-corrected chi connectivity index (χ2v) is 8.44. The number of thioether (sulfide) groups is 1. The van der Waals surface area contributed by atoms with Crippen LogP contribution in [0.4, 0.5) is 23.7 Å². The predicted molar refractivity (Wildman–Crippen MR) is 114 cm³/mol. The summed E-state index contributed by atoms with van der Waals surface area (Å²) in [5, 5.41) is 11.1. The summed E-state index contributed by atoms with van der Waals surface area (Å²) in [6, 6.07) is 12.3. The minimum absolute atomic E-state index is 0.0572. The number of anilines is 1. The van der Waals surface area contributed by atoms with Crippen molar-refractivity contribution < 1.29 is 27.9 Å². The summed E-state index contributed by atoms with van der Waals surface area (Å²) < 4.78 is 37.7. The van der Waals surface area contributed by atoms with E-state index in [0.717, 1.165) is 21.4 Å². The van der Waals surface area contributed by atoms with E-state index >= 15 is 0 Å². The number of para-hydroxylation sites is 1. The molecule has 0 radical (unpaired) electrons. The molecule has 1 saturated heterocycles. The molecule has 1 aliphatic rings. The number of carbonyl (C=O) groups is 2. The van der Waals surface area contributed by atoms with Crippen LogP contribution in [0.3, 0.4) is 0 Å². The van der Waals surface area contributed by atoms with E-state index in [2.05, 4.69) is 4.98 Å². The largest absolute Gasteiger partial charge is 0.446 e. The Morgan fingerprint density at radius 3 is 2.44 bits per heavy atom. The molecule has 1 aliphatic heterocycles. The van der Waals surface area contributed by atoms with Crippen LogP contribution >= 0.6 is 11.8 Å². The molecule has 1 aromatic heterocycles. The van der Waals surface area contributed by atoms with E-state index in [-0.39, 0.29) is 28.9 Å². The van der Waals surface area contributed by atoms with Gasteiger partial charge in [0.05, 0.1) is 17.3 Å². The zero-order chi connectivity index (χ0) is 23.0. The zero-order valence-corrected chi connectivity index (χ0v) is 17.6. The van der Waals surface area contributed by atoms with Crippen molar-refractivity contribution in [3.63, 3.8) is 0 Å². The van der Waals surface area contributed by atoms with Gasteiger partial charge in [-0.15, -0.1) is 0 Å². The zero-order valence-electron chi connectivity index (χ0n) is 16.8. The fourth-order valence-electron chi connectivity index (χ4n) is 3.75. The lowest BCUT2D eigenvalue weighted by Gasteiger charge is -2.24. The topological polar surface area (TPSA) is 73.7 Å². The summed E-state index contributed by atoms with van der Waals surface area (Å²) in [5.41, 5.74) is -2.82. The first-order chi connectivity index (χ1) is 15.2. The van der Waals surface area contributed by atoms with Gasteiger partial charge in [-0.2, -0.15) is 13.2 Å². The summed E-state index contributed by atoms with van der Waals surface area (Å²) in [7, 11) is 0. The molecule has 0 spiro atoms. The molecule has 2 heterocycles. The van der Waals surface area contributed by atoms with E-state index < -0.39 is 29.6 Å². The van der Waals surface area contributed by atoms with Gasteiger partial charge < -0.3 is 10.0 Å². The molecule has 2 atom stereocenters. The molecule has 6 nitrogen and oxygen atoms in total. The number of aromatic nitrogens is 1. The summed E-state index contributed by atoms with van der Waals surface area (Å²) in [6.45, 7) is 1.47. The van der Waals surface area contributed by atoms with Crippen LogP contribution in [0.15, 0.2) is 65.7 Å². The summed E-state index contributed by atoms with van der Waals surface area (Å²) in [4.78, 5) is 32.6. The van der Waals surface area contributed by atoms with Gasteiger partial charge in [0, 0.05) is 23.0 Å². The summed E-state index contributed by atoms with van der Waals surface area (Å²) in [5.74, 6) is -0.639. The maximum absolute atomic E-state index is 13.2. The molecule has 0 aliphatic carbocycles. The highest BCUT2D eigenvalue weighted by Crippen LogP contribution is 2.38. The average molecular weight is 461 g/mol. The fraction of sp³-hybridized carbons (Fsp3) is 0.227. The first-order valence-electron chi connectivity index (χ1n) is 9.67. The van der Waals surface area contributed by atoms with Crippen molar-refractivity contribution in [2.45, 2.75) is 36.0 Å². The Bertz CT molecular complexity index is 1160. The minimum Gasteiger partial charge on any atom is -0.391 e. The third-order valence-electron chi connectivity index (χ3n) is 5.11. The maximum Gasteiger partial charge on any atom is 0.446 e. The molecule has 4 rings (SSSR count). The Balaban J connectivity index is 1.65. The number of rotatable bonds is 5. The van der Waals surface area contributed by atoms with Crippen molar-refractivity contribution in [1.82, 2.24) is 9.88 Å². The number of aliphatic hydroxyl groups is 1. The van der Waals surface area contributed by atoms with Crippen LogP contribution in [-0.4, -0.2) is 44.6 Å². The Morgan fingerprint density at radius 2 is 1.78 bits per heavy atom. The molecule has 2 aromatic carbocycles. The van der Waals surface area contributed by atoms with Gasteiger partial charge in [0.25, 0.3) is 5.91 Å². The predicted octanol–water partition coefficient (Wildman–Crippen LogP) is 4.56. The number of halogens is 3. The number of carbonyl (C=O) groups excluding carboxylic acids is 2. The lowest BCUT2D eigenvalue weighted by molar-refractivity contribution is -0.122. The third-order valence-corrected chi connectivity index (χ3v) is 5.85. The van der Waals surface area contributed by atoms with Crippen LogP contribution in [0.5, 0.6) is 0 Å². The number of benzene rings is 2. The van der Waals surface area contributed by atoms with E-state index in [4.69, 9.17) is 0 Å². The van der Waals surface area contributed by atoms with Gasteiger partial charge in [-0.1, -0.05) is 18.2 Å². The molecular weight excluding hydrogens is 443 g/mol. The SMILES string of the molecule is CC(O)C1C(=O)N(c2ccc(SC(F)(F)F)cc2)C(=O)N1Cc1ccnc2ccccc12. The van der Waals surface area contributed by atoms with Gasteiger partial charge in [-0.05, 0) is 60.6 Å². The van der Waals surface area contributed by atoms with Gasteiger partial charge in [-0.3, -0.25) is 9.78 Å². The van der Waals surface area contributed by atoms with Crippen LogP contribution in [0, 0.1) is 0 Å². The van der Waals surface area contributed by atoms with Crippen molar-refractivity contribution in [3.8, 4) is 0 Å². The Kier molecular flexibility index (Phi) is 5.83. The lowest BCUT2D eigenvalue weighted by Crippen LogP contribution is -2.42. The fourth-order valence-corrected chi connectivity index (χ4v) is 4.29. The van der Waals surface area contributed by atoms with Gasteiger partial charge in [0.2, 0.25) is 0 Å². The molecule has 2 unspecified atom stereocenters. The first kappa shape index (κ1) is 22.1. The molecule has 166 valence electrons. The van der Waals surface area contributed by atoms with Crippen molar-refractivity contribution in [3.05, 3.63) is 66.4 Å². The lowest BCUT2D eigenvalue weighted by atomic mass is 10.1. The van der Waals surface area contributed by atoms with Gasteiger partial charge in [-0.25, -0.2) is 9.69 Å². The number of hydrogen-bond acceptors (Lipinski definition) is 5. The second kappa shape index (κ2) is 8.44. The van der Waals surface area contributed by atoms with Crippen LogP contribution in [0.25, 0.3) is 10.9 Å². The number of amides is 3. The quantitative estimate of drug-likeness (QED) is 0.445. The molecule has 3 aromatic rings. The minimum atomic E-state index is -4.44. The number of urea groups is 1. The molecule has 0 bridgehead atoms. The van der Waals surface area contributed by atoms with Crippen molar-refractivity contribution in [1.29, 1.82) is 0 Å². The molecule has 1 N–H and O–H groups in total. The van der Waals surface area contributed by atoms with Crippen LogP contribution in [0.2, 0.25) is 0 Å². The number of alkyl halides is 3. The highest BCUT2D eigenvalue weighted by atomic mass is 32.2. The molecule has 0 saturated carbocycles. The van der Waals surface area contributed by atoms with E-state index in [1.807, 2.05) is 24.3 Å². The summed E-state index contributed by atoms with van der Waals surface area (Å²) in [6.07, 6.45) is 0.455. The van der Waals surface area contributed by atoms with Gasteiger partial charge in [0.1, 0.15) is 6.04 Å². The highest BCUT2D eigenvalue weighted by Gasteiger charge is 2.48. The van der Waals surface area contributed by atoms with Crippen LogP contribution in [0.1, 0.15) is 12.5 Å². The molecule has 32 heavy (non-hydrogen) atoms. The Hall–Kier alpha value is -3.11. The normalized spacial score (nSPS) is 18.0. The van der Waals surface area contributed by atoms with Gasteiger partial charge in [0.15, 0.2) is 0 Å². The number of imide groups is 1. The Morgan fingerprint density at radius 1 is 1.09 bits per heavy atom. The average Bonchev–Trinajstić information content (AvgIpc) is 2.97. The monoisotopic (exact) mass is 461 g/mol. The molecule has 10 heteroatoms. The van der Waals surface area contributed by atoms with Crippen LogP contribution in [-0.2, 0) is 11.3 Å². The number of aliphatic hydroxyl groups excluding tert-OH is 1. The number of nitrogens with zero attached hydrogens (tertiary/aromatic N) is 3. The first-order valence-corrected chi connectivity index (χ1v) is 10.5. The second-order valence-electron chi connectivity index (χ2n) is 7.30. The number of pyridine rings is 1. The van der Waals surface area contributed by atoms with E-state index in [1.54, 1.807) is 12.3 Å². The number of hydrogen-bond donors (Lipinski definition) is 1. The molecular formula is C22H18F3N3O3S. The van der Waals surface area contributed by atoms with Crippen molar-refractivity contribution in [2.24, 2.45) is 0 Å². The maximum atomic E-state index is 13.2. The number of fused-ring (bicyclic) bond motifs is 1. The van der Waals surface area contributed by atoms with E-state index in [9.17, 15) is 27.9 Å². The standard InChI is InChI=1S/C22H18F3N3O3S/c1-13(29)19-20(30)28(15-6-8-16(9-7-15)32-22(23,24)25)21(31)27(19)12-14-10-11-26-18-5-3-2-4-17(14)18/h2-11,13,19,29H,12H2,1H3. The summed E-state index contributed by atoms with van der Waals surface area (Å²) >= 11 is -0.282. The Labute approximate surface area is 185 Å². The molecule has 1 fully saturated rings. The van der Waals surface area contributed by atoms with Gasteiger partial charge >= 0.3 is 11.5 Å². The van der Waals surface area contributed by atoms with E-state index in [1.165, 1.54) is 36.1 Å². The third kappa shape index (κ3) is 4.28. The smallest absolute Gasteiger partial charge is 0.391 e. The molecule has 3 amide bonds. The van der Waals surface area contributed by atoms with E-state index in [0.29, 0.717) is 0 Å².